The van der Waals surface area contributed by atoms with Gasteiger partial charge < -0.3 is 5.11 Å². The molecule has 0 aromatic heterocycles. The number of rotatable bonds is 3. The van der Waals surface area contributed by atoms with Crippen molar-refractivity contribution in [2.24, 2.45) is 28.6 Å². The van der Waals surface area contributed by atoms with Crippen molar-refractivity contribution in [2.75, 3.05) is 0 Å². The third kappa shape index (κ3) is 2.86. The largest absolute Gasteiger partial charge is 0.393 e. The zero-order valence-corrected chi connectivity index (χ0v) is 15.0. The standard InChI is InChI=1S/C21H33NO/c1-15-6-7-17-13-18(8-10-20(15,17)2)21(3)11-9-19(23)14-16(21)5-4-12-22/h16-19,23H,1,4-11,13-14H2,2-3H3. The second-order valence-electron chi connectivity index (χ2n) is 9.06. The summed E-state index contributed by atoms with van der Waals surface area (Å²) in [5.41, 5.74) is 2.20. The van der Waals surface area contributed by atoms with Gasteiger partial charge in [-0.15, -0.1) is 0 Å². The summed E-state index contributed by atoms with van der Waals surface area (Å²) >= 11 is 0. The molecule has 0 amide bonds. The number of aliphatic hydroxyl groups is 1. The highest BCUT2D eigenvalue weighted by atomic mass is 16.3. The molecule has 0 aromatic rings. The van der Waals surface area contributed by atoms with Crippen molar-refractivity contribution < 1.29 is 5.11 Å². The molecule has 3 rings (SSSR count). The van der Waals surface area contributed by atoms with Gasteiger partial charge in [0, 0.05) is 6.42 Å². The number of nitrogens with zero attached hydrogens (tertiary/aromatic N) is 1. The Hall–Kier alpha value is -0.810. The minimum Gasteiger partial charge on any atom is -0.393 e. The summed E-state index contributed by atoms with van der Waals surface area (Å²) in [5, 5.41) is 19.1. The zero-order chi connectivity index (χ0) is 16.7. The summed E-state index contributed by atoms with van der Waals surface area (Å²) in [6.07, 6.45) is 10.9. The average Bonchev–Trinajstić information content (AvgIpc) is 2.83. The minimum atomic E-state index is -0.146. The van der Waals surface area contributed by atoms with Gasteiger partial charge in [0.15, 0.2) is 0 Å². The lowest BCUT2D eigenvalue weighted by atomic mass is 9.52. The molecule has 2 nitrogen and oxygen atoms in total. The summed E-state index contributed by atoms with van der Waals surface area (Å²) in [6, 6.07) is 2.33. The molecule has 0 bridgehead atoms. The van der Waals surface area contributed by atoms with Crippen molar-refractivity contribution in [3.05, 3.63) is 12.2 Å². The number of hydrogen-bond donors (Lipinski definition) is 1. The van der Waals surface area contributed by atoms with E-state index in [4.69, 9.17) is 5.26 Å². The number of fused-ring (bicyclic) bond motifs is 1. The Morgan fingerprint density at radius 1 is 1.17 bits per heavy atom. The molecule has 0 aromatic carbocycles. The Bertz CT molecular complexity index is 506. The predicted molar refractivity (Wildman–Crippen MR) is 93.6 cm³/mol. The maximum Gasteiger partial charge on any atom is 0.0621 e. The summed E-state index contributed by atoms with van der Waals surface area (Å²) in [4.78, 5) is 0. The Kier molecular flexibility index (Phi) is 4.62. The summed E-state index contributed by atoms with van der Waals surface area (Å²) in [6.45, 7) is 9.28. The lowest BCUT2D eigenvalue weighted by Crippen LogP contribution is -2.45. The fourth-order valence-corrected chi connectivity index (χ4v) is 6.16. The van der Waals surface area contributed by atoms with E-state index in [-0.39, 0.29) is 6.10 Å². The SMILES string of the molecule is C=C1CCC2CC(C3(C)CCC(O)CC3CCC#N)CCC12C. The quantitative estimate of drug-likeness (QED) is 0.725. The summed E-state index contributed by atoms with van der Waals surface area (Å²) in [7, 11) is 0. The van der Waals surface area contributed by atoms with Crippen LogP contribution in [0.4, 0.5) is 0 Å². The second kappa shape index (κ2) is 6.25. The molecule has 0 saturated heterocycles. The summed E-state index contributed by atoms with van der Waals surface area (Å²) in [5.74, 6) is 2.10. The molecule has 6 atom stereocenters. The van der Waals surface area contributed by atoms with Crippen LogP contribution < -0.4 is 0 Å². The number of allylic oxidation sites excluding steroid dienone is 1. The Morgan fingerprint density at radius 2 is 1.96 bits per heavy atom. The molecule has 0 spiro atoms. The smallest absolute Gasteiger partial charge is 0.0621 e. The molecule has 3 saturated carbocycles. The van der Waals surface area contributed by atoms with E-state index in [2.05, 4.69) is 26.5 Å². The number of aliphatic hydroxyl groups excluding tert-OH is 1. The number of hydrogen-bond acceptors (Lipinski definition) is 2. The van der Waals surface area contributed by atoms with Crippen molar-refractivity contribution in [2.45, 2.75) is 84.2 Å². The van der Waals surface area contributed by atoms with Gasteiger partial charge in [-0.05, 0) is 86.4 Å². The molecular formula is C21H33NO. The average molecular weight is 316 g/mol. The Balaban J connectivity index is 1.76. The van der Waals surface area contributed by atoms with Crippen molar-refractivity contribution in [1.82, 2.24) is 0 Å². The van der Waals surface area contributed by atoms with Gasteiger partial charge in [-0.2, -0.15) is 5.26 Å². The monoisotopic (exact) mass is 315 g/mol. The molecular weight excluding hydrogens is 282 g/mol. The molecule has 128 valence electrons. The van der Waals surface area contributed by atoms with E-state index in [1.165, 1.54) is 37.7 Å². The molecule has 0 heterocycles. The maximum atomic E-state index is 10.1. The first kappa shape index (κ1) is 17.0. The van der Waals surface area contributed by atoms with Crippen LogP contribution in [-0.4, -0.2) is 11.2 Å². The van der Waals surface area contributed by atoms with Gasteiger partial charge in [-0.3, -0.25) is 0 Å². The number of nitriles is 1. The van der Waals surface area contributed by atoms with E-state index < -0.39 is 0 Å². The van der Waals surface area contributed by atoms with Gasteiger partial charge in [0.1, 0.15) is 0 Å². The molecule has 2 heteroatoms. The van der Waals surface area contributed by atoms with Crippen LogP contribution in [0.15, 0.2) is 12.2 Å². The normalized spacial score (nSPS) is 47.1. The fourth-order valence-electron chi connectivity index (χ4n) is 6.16. The van der Waals surface area contributed by atoms with E-state index in [1.54, 1.807) is 0 Å². The molecule has 0 aliphatic heterocycles. The predicted octanol–water partition coefficient (Wildman–Crippen LogP) is 5.23. The van der Waals surface area contributed by atoms with Gasteiger partial charge in [0.05, 0.1) is 12.2 Å². The van der Waals surface area contributed by atoms with E-state index in [1.807, 2.05) is 0 Å². The van der Waals surface area contributed by atoms with Crippen molar-refractivity contribution in [3.63, 3.8) is 0 Å². The third-order valence-electron chi connectivity index (χ3n) is 8.13. The van der Waals surface area contributed by atoms with Crippen LogP contribution in [0, 0.1) is 39.9 Å². The molecule has 23 heavy (non-hydrogen) atoms. The van der Waals surface area contributed by atoms with E-state index in [9.17, 15) is 5.11 Å². The minimum absolute atomic E-state index is 0.146. The molecule has 3 aliphatic rings. The lowest BCUT2D eigenvalue weighted by molar-refractivity contribution is -0.0512. The van der Waals surface area contributed by atoms with E-state index in [0.29, 0.717) is 23.2 Å². The van der Waals surface area contributed by atoms with Gasteiger partial charge in [-0.25, -0.2) is 0 Å². The first-order valence-electron chi connectivity index (χ1n) is 9.63. The van der Waals surface area contributed by atoms with Gasteiger partial charge in [0.25, 0.3) is 0 Å². The molecule has 0 radical (unpaired) electrons. The van der Waals surface area contributed by atoms with Gasteiger partial charge >= 0.3 is 0 Å². The van der Waals surface area contributed by atoms with Gasteiger partial charge in [-0.1, -0.05) is 26.0 Å². The van der Waals surface area contributed by atoms with E-state index in [0.717, 1.165) is 37.5 Å². The third-order valence-corrected chi connectivity index (χ3v) is 8.13. The van der Waals surface area contributed by atoms with Crippen LogP contribution in [0.25, 0.3) is 0 Å². The first-order chi connectivity index (χ1) is 10.9. The molecule has 1 N–H and O–H groups in total. The highest BCUT2D eigenvalue weighted by Gasteiger charge is 2.51. The lowest BCUT2D eigenvalue weighted by Gasteiger charge is -2.53. The topological polar surface area (TPSA) is 44.0 Å². The fraction of sp³-hybridized carbons (Fsp3) is 0.857. The molecule has 3 aliphatic carbocycles. The van der Waals surface area contributed by atoms with Crippen LogP contribution in [0.1, 0.15) is 78.1 Å². The summed E-state index contributed by atoms with van der Waals surface area (Å²) < 4.78 is 0. The van der Waals surface area contributed by atoms with Crippen LogP contribution in [-0.2, 0) is 0 Å². The molecule has 3 fully saturated rings. The van der Waals surface area contributed by atoms with Crippen LogP contribution in [0.5, 0.6) is 0 Å². The van der Waals surface area contributed by atoms with Crippen LogP contribution in [0.2, 0.25) is 0 Å². The van der Waals surface area contributed by atoms with E-state index >= 15 is 0 Å². The second-order valence-corrected chi connectivity index (χ2v) is 9.06. The van der Waals surface area contributed by atoms with Crippen molar-refractivity contribution in [1.29, 1.82) is 5.26 Å². The van der Waals surface area contributed by atoms with Crippen molar-refractivity contribution in [3.8, 4) is 6.07 Å². The first-order valence-corrected chi connectivity index (χ1v) is 9.63. The van der Waals surface area contributed by atoms with Crippen molar-refractivity contribution >= 4 is 0 Å². The Morgan fingerprint density at radius 3 is 2.70 bits per heavy atom. The zero-order valence-electron chi connectivity index (χ0n) is 15.0. The van der Waals surface area contributed by atoms with Crippen LogP contribution >= 0.6 is 0 Å². The highest BCUT2D eigenvalue weighted by Crippen LogP contribution is 2.61. The highest BCUT2D eigenvalue weighted by molar-refractivity contribution is 5.19. The van der Waals surface area contributed by atoms with Gasteiger partial charge in [0.2, 0.25) is 0 Å². The molecule has 6 unspecified atom stereocenters. The maximum absolute atomic E-state index is 10.1. The Labute approximate surface area is 142 Å². The van der Waals surface area contributed by atoms with Crippen LogP contribution in [0.3, 0.4) is 0 Å².